The molecule has 114 valence electrons. The molecule has 0 bridgehead atoms. The lowest BCUT2D eigenvalue weighted by atomic mass is 9.99. The molecule has 0 aromatic heterocycles. The second-order valence-electron chi connectivity index (χ2n) is 5.64. The molecule has 1 saturated heterocycles. The average molecular weight is 297 g/mol. The monoisotopic (exact) mass is 297 g/mol. The van der Waals surface area contributed by atoms with Crippen LogP contribution in [0.15, 0.2) is 60.7 Å². The average Bonchev–Trinajstić information content (AvgIpc) is 2.97. The van der Waals surface area contributed by atoms with Crippen molar-refractivity contribution in [3.05, 3.63) is 71.8 Å². The Morgan fingerprint density at radius 3 is 2.27 bits per heavy atom. The van der Waals surface area contributed by atoms with Crippen molar-refractivity contribution in [1.29, 1.82) is 0 Å². The molecule has 2 aromatic carbocycles. The summed E-state index contributed by atoms with van der Waals surface area (Å²) in [6.45, 7) is 0.252. The van der Waals surface area contributed by atoms with Crippen molar-refractivity contribution in [2.75, 3.05) is 6.54 Å². The Bertz CT molecular complexity index is 629. The fourth-order valence-corrected chi connectivity index (χ4v) is 2.99. The zero-order valence-corrected chi connectivity index (χ0v) is 12.2. The van der Waals surface area contributed by atoms with Crippen LogP contribution in [0.3, 0.4) is 0 Å². The van der Waals surface area contributed by atoms with Crippen molar-refractivity contribution >= 4 is 5.91 Å². The summed E-state index contributed by atoms with van der Waals surface area (Å²) < 4.78 is 0. The van der Waals surface area contributed by atoms with E-state index >= 15 is 0 Å². The molecule has 0 saturated carbocycles. The van der Waals surface area contributed by atoms with Crippen LogP contribution >= 0.6 is 0 Å². The summed E-state index contributed by atoms with van der Waals surface area (Å²) >= 11 is 0. The highest BCUT2D eigenvalue weighted by Gasteiger charge is 2.39. The zero-order valence-electron chi connectivity index (χ0n) is 12.2. The first kappa shape index (κ1) is 14.8. The summed E-state index contributed by atoms with van der Waals surface area (Å²) in [5.41, 5.74) is 1.33. The van der Waals surface area contributed by atoms with E-state index in [0.717, 1.165) is 5.56 Å². The topological polar surface area (TPSA) is 60.8 Å². The van der Waals surface area contributed by atoms with Crippen molar-refractivity contribution in [1.82, 2.24) is 4.90 Å². The van der Waals surface area contributed by atoms with E-state index < -0.39 is 18.2 Å². The maximum atomic E-state index is 12.6. The van der Waals surface area contributed by atoms with Crippen molar-refractivity contribution in [2.45, 2.75) is 24.7 Å². The van der Waals surface area contributed by atoms with Crippen LogP contribution in [-0.2, 0) is 0 Å². The number of aliphatic hydroxyl groups is 2. The van der Waals surface area contributed by atoms with Gasteiger partial charge in [0.25, 0.3) is 5.91 Å². The molecule has 3 rings (SSSR count). The third kappa shape index (κ3) is 2.89. The number of hydrogen-bond donors (Lipinski definition) is 2. The Morgan fingerprint density at radius 2 is 1.64 bits per heavy atom. The van der Waals surface area contributed by atoms with Crippen LogP contribution in [-0.4, -0.2) is 39.7 Å². The van der Waals surface area contributed by atoms with Gasteiger partial charge in [0.15, 0.2) is 0 Å². The van der Waals surface area contributed by atoms with Gasteiger partial charge in [-0.05, 0) is 24.1 Å². The van der Waals surface area contributed by atoms with Crippen LogP contribution in [0, 0.1) is 0 Å². The largest absolute Gasteiger partial charge is 0.391 e. The van der Waals surface area contributed by atoms with E-state index in [0.29, 0.717) is 12.0 Å². The molecule has 1 fully saturated rings. The SMILES string of the molecule is O=C(c1ccccc1)N1C[C@H](O)C[C@@H]1C(O)c1ccccc1. The molecule has 22 heavy (non-hydrogen) atoms. The summed E-state index contributed by atoms with van der Waals surface area (Å²) in [6.07, 6.45) is -1.02. The minimum atomic E-state index is -0.800. The first-order chi connectivity index (χ1) is 10.7. The molecule has 1 aliphatic heterocycles. The summed E-state index contributed by atoms with van der Waals surface area (Å²) in [5, 5.41) is 20.6. The fourth-order valence-electron chi connectivity index (χ4n) is 2.99. The summed E-state index contributed by atoms with van der Waals surface area (Å²) in [7, 11) is 0. The lowest BCUT2D eigenvalue weighted by Crippen LogP contribution is -2.39. The van der Waals surface area contributed by atoms with Gasteiger partial charge in [-0.2, -0.15) is 0 Å². The van der Waals surface area contributed by atoms with Crippen molar-refractivity contribution in [3.8, 4) is 0 Å². The highest BCUT2D eigenvalue weighted by atomic mass is 16.3. The van der Waals surface area contributed by atoms with Gasteiger partial charge in [-0.15, -0.1) is 0 Å². The van der Waals surface area contributed by atoms with Crippen LogP contribution in [0.4, 0.5) is 0 Å². The second-order valence-corrected chi connectivity index (χ2v) is 5.64. The molecule has 1 heterocycles. The van der Waals surface area contributed by atoms with E-state index in [1.54, 1.807) is 17.0 Å². The highest BCUT2D eigenvalue weighted by Crippen LogP contribution is 2.30. The molecular formula is C18H19NO3. The first-order valence-corrected chi connectivity index (χ1v) is 7.44. The number of carbonyl (C=O) groups excluding carboxylic acids is 1. The normalized spacial score (nSPS) is 22.5. The van der Waals surface area contributed by atoms with Gasteiger partial charge in [-0.3, -0.25) is 4.79 Å². The summed E-state index contributed by atoms with van der Waals surface area (Å²) in [6, 6.07) is 17.8. The van der Waals surface area contributed by atoms with Gasteiger partial charge < -0.3 is 15.1 Å². The third-order valence-corrected chi connectivity index (χ3v) is 4.11. The quantitative estimate of drug-likeness (QED) is 0.911. The van der Waals surface area contributed by atoms with E-state index in [9.17, 15) is 15.0 Å². The summed E-state index contributed by atoms with van der Waals surface area (Å²) in [5.74, 6) is -0.155. The van der Waals surface area contributed by atoms with Crippen molar-refractivity contribution in [2.24, 2.45) is 0 Å². The Hall–Kier alpha value is -2.17. The molecule has 1 amide bonds. The molecule has 4 heteroatoms. The minimum absolute atomic E-state index is 0.155. The number of β-amino-alcohol motifs (C(OH)–C–C–N with tert-alkyl or cyclic N) is 1. The number of rotatable bonds is 3. The van der Waals surface area contributed by atoms with E-state index in [4.69, 9.17) is 0 Å². The minimum Gasteiger partial charge on any atom is -0.391 e. The van der Waals surface area contributed by atoms with Gasteiger partial charge in [-0.1, -0.05) is 48.5 Å². The standard InChI is InChI=1S/C18H19NO3/c20-15-11-16(17(21)13-7-3-1-4-8-13)19(12-15)18(22)14-9-5-2-6-10-14/h1-10,15-17,20-21H,11-12H2/t15-,16-,17?/m1/s1. The molecule has 0 radical (unpaired) electrons. The number of nitrogens with zero attached hydrogens (tertiary/aromatic N) is 1. The smallest absolute Gasteiger partial charge is 0.254 e. The molecule has 2 N–H and O–H groups in total. The van der Waals surface area contributed by atoms with Crippen molar-refractivity contribution < 1.29 is 15.0 Å². The van der Waals surface area contributed by atoms with Gasteiger partial charge in [0.1, 0.15) is 0 Å². The molecule has 2 aromatic rings. The second kappa shape index (κ2) is 6.30. The molecule has 4 nitrogen and oxygen atoms in total. The number of likely N-dealkylation sites (tertiary alicyclic amines) is 1. The highest BCUT2D eigenvalue weighted by molar-refractivity contribution is 5.94. The zero-order chi connectivity index (χ0) is 15.5. The molecule has 3 atom stereocenters. The molecular weight excluding hydrogens is 278 g/mol. The van der Waals surface area contributed by atoms with Gasteiger partial charge in [0, 0.05) is 12.1 Å². The predicted molar refractivity (Wildman–Crippen MR) is 83.3 cm³/mol. The van der Waals surface area contributed by atoms with E-state index in [1.165, 1.54) is 0 Å². The Balaban J connectivity index is 1.85. The van der Waals surface area contributed by atoms with Gasteiger partial charge in [-0.25, -0.2) is 0 Å². The van der Waals surface area contributed by atoms with Gasteiger partial charge >= 0.3 is 0 Å². The fraction of sp³-hybridized carbons (Fsp3) is 0.278. The number of aliphatic hydroxyl groups excluding tert-OH is 2. The molecule has 1 aliphatic rings. The lowest BCUT2D eigenvalue weighted by molar-refractivity contribution is 0.0485. The number of benzene rings is 2. The van der Waals surface area contributed by atoms with Crippen LogP contribution in [0.2, 0.25) is 0 Å². The Morgan fingerprint density at radius 1 is 1.05 bits per heavy atom. The van der Waals surface area contributed by atoms with Crippen LogP contribution in [0.5, 0.6) is 0 Å². The van der Waals surface area contributed by atoms with Crippen LogP contribution in [0.25, 0.3) is 0 Å². The Kier molecular flexibility index (Phi) is 4.22. The Labute approximate surface area is 129 Å². The van der Waals surface area contributed by atoms with Gasteiger partial charge in [0.05, 0.1) is 18.2 Å². The van der Waals surface area contributed by atoms with Crippen molar-refractivity contribution in [3.63, 3.8) is 0 Å². The number of amides is 1. The van der Waals surface area contributed by atoms with Crippen LogP contribution < -0.4 is 0 Å². The predicted octanol–water partition coefficient (Wildman–Crippen LogP) is 2.00. The maximum Gasteiger partial charge on any atom is 0.254 e. The van der Waals surface area contributed by atoms with Gasteiger partial charge in [0.2, 0.25) is 0 Å². The lowest BCUT2D eigenvalue weighted by Gasteiger charge is -2.28. The molecule has 0 aliphatic carbocycles. The van der Waals surface area contributed by atoms with E-state index in [1.807, 2.05) is 48.5 Å². The first-order valence-electron chi connectivity index (χ1n) is 7.44. The maximum absolute atomic E-state index is 12.6. The molecule has 0 spiro atoms. The number of hydrogen-bond acceptors (Lipinski definition) is 3. The van der Waals surface area contributed by atoms with Crippen LogP contribution in [0.1, 0.15) is 28.4 Å². The van der Waals surface area contributed by atoms with E-state index in [2.05, 4.69) is 0 Å². The number of carbonyl (C=O) groups is 1. The third-order valence-electron chi connectivity index (χ3n) is 4.11. The van der Waals surface area contributed by atoms with E-state index in [-0.39, 0.29) is 12.5 Å². The summed E-state index contributed by atoms with van der Waals surface area (Å²) in [4.78, 5) is 14.2. The molecule has 1 unspecified atom stereocenters.